The quantitative estimate of drug-likeness (QED) is 0.192. The topological polar surface area (TPSA) is 0 Å². The van der Waals surface area contributed by atoms with Crippen molar-refractivity contribution in [1.82, 2.24) is 0 Å². The fraction of sp³-hybridized carbons (Fsp3) is 0.0476. The third kappa shape index (κ3) is 3.78. The summed E-state index contributed by atoms with van der Waals surface area (Å²) >= 11 is 1.97. The highest BCUT2D eigenvalue weighted by molar-refractivity contribution is 8.03. The molecule has 9 rings (SSSR count). The number of rotatable bonds is 3. The van der Waals surface area contributed by atoms with Crippen LogP contribution in [0.25, 0.3) is 60.1 Å². The van der Waals surface area contributed by atoms with E-state index in [2.05, 4.69) is 152 Å². The van der Waals surface area contributed by atoms with Crippen molar-refractivity contribution < 1.29 is 0 Å². The van der Waals surface area contributed by atoms with Gasteiger partial charge in [0, 0.05) is 15.7 Å². The predicted octanol–water partition coefficient (Wildman–Crippen LogP) is 12.0. The maximum atomic E-state index is 2.39. The van der Waals surface area contributed by atoms with Crippen molar-refractivity contribution in [2.24, 2.45) is 0 Å². The molecule has 7 aromatic rings. The summed E-state index contributed by atoms with van der Waals surface area (Å²) in [6.45, 7) is 0. The van der Waals surface area contributed by atoms with Gasteiger partial charge in [-0.05, 0) is 83.8 Å². The van der Waals surface area contributed by atoms with Gasteiger partial charge in [0.2, 0.25) is 0 Å². The lowest BCUT2D eigenvalue weighted by atomic mass is 9.81. The van der Waals surface area contributed by atoms with E-state index in [1.165, 1.54) is 81.1 Å². The minimum absolute atomic E-state index is 0.438. The van der Waals surface area contributed by atoms with Crippen LogP contribution in [-0.4, -0.2) is 0 Å². The van der Waals surface area contributed by atoms with E-state index in [0.717, 1.165) is 6.42 Å². The zero-order chi connectivity index (χ0) is 28.3. The molecule has 7 aromatic carbocycles. The molecule has 0 bridgehead atoms. The summed E-state index contributed by atoms with van der Waals surface area (Å²) < 4.78 is 0. The largest absolute Gasteiger partial charge is 0.0929 e. The smallest absolute Gasteiger partial charge is 0.0205 e. The molecule has 43 heavy (non-hydrogen) atoms. The van der Waals surface area contributed by atoms with Crippen LogP contribution in [0.3, 0.4) is 0 Å². The van der Waals surface area contributed by atoms with Crippen LogP contribution in [0, 0.1) is 0 Å². The maximum absolute atomic E-state index is 2.39. The van der Waals surface area contributed by atoms with Crippen LogP contribution >= 0.6 is 11.8 Å². The molecule has 0 N–H and O–H groups in total. The molecule has 202 valence electrons. The van der Waals surface area contributed by atoms with Gasteiger partial charge in [0.05, 0.1) is 0 Å². The van der Waals surface area contributed by atoms with Crippen LogP contribution in [0.2, 0.25) is 0 Å². The van der Waals surface area contributed by atoms with Gasteiger partial charge >= 0.3 is 0 Å². The molecule has 0 radical (unpaired) electrons. The van der Waals surface area contributed by atoms with Gasteiger partial charge in [-0.25, -0.2) is 0 Å². The summed E-state index contributed by atoms with van der Waals surface area (Å²) in [5.74, 6) is 0.438. The molecule has 0 amide bonds. The predicted molar refractivity (Wildman–Crippen MR) is 186 cm³/mol. The van der Waals surface area contributed by atoms with Crippen molar-refractivity contribution in [1.29, 1.82) is 0 Å². The first kappa shape index (κ1) is 24.7. The van der Waals surface area contributed by atoms with E-state index in [0.29, 0.717) is 5.92 Å². The molecule has 0 spiro atoms. The highest BCUT2D eigenvalue weighted by atomic mass is 32.2. The van der Waals surface area contributed by atoms with Gasteiger partial charge in [-0.1, -0.05) is 157 Å². The molecule has 2 aliphatic rings. The van der Waals surface area contributed by atoms with E-state index >= 15 is 0 Å². The molecule has 1 aliphatic heterocycles. The zero-order valence-corrected chi connectivity index (χ0v) is 24.4. The second kappa shape index (κ2) is 9.87. The Morgan fingerprint density at radius 1 is 0.465 bits per heavy atom. The van der Waals surface area contributed by atoms with E-state index in [9.17, 15) is 0 Å². The molecule has 0 fully saturated rings. The fourth-order valence-corrected chi connectivity index (χ4v) is 8.73. The van der Waals surface area contributed by atoms with Gasteiger partial charge in [0.15, 0.2) is 0 Å². The molecule has 0 nitrogen and oxygen atoms in total. The van der Waals surface area contributed by atoms with Crippen LogP contribution in [0.15, 0.2) is 161 Å². The Hall–Kier alpha value is -4.85. The summed E-state index contributed by atoms with van der Waals surface area (Å²) in [5.41, 5.74) is 9.32. The summed E-state index contributed by atoms with van der Waals surface area (Å²) in [5, 5.41) is 7.81. The highest BCUT2D eigenvalue weighted by Gasteiger charge is 2.32. The molecule has 1 heterocycles. The average molecular weight is 565 g/mol. The first-order valence-corrected chi connectivity index (χ1v) is 15.9. The second-order valence-electron chi connectivity index (χ2n) is 11.5. The number of allylic oxidation sites excluding steroid dienone is 4. The fourth-order valence-electron chi connectivity index (χ4n) is 7.37. The first-order chi connectivity index (χ1) is 21.4. The number of fused-ring (bicyclic) bond motifs is 6. The van der Waals surface area contributed by atoms with Crippen LogP contribution in [0.1, 0.15) is 23.5 Å². The average Bonchev–Trinajstić information content (AvgIpc) is 3.46. The molecule has 1 unspecified atom stereocenters. The van der Waals surface area contributed by atoms with Crippen LogP contribution < -0.4 is 0 Å². The van der Waals surface area contributed by atoms with Gasteiger partial charge in [-0.2, -0.15) is 0 Å². The van der Waals surface area contributed by atoms with Crippen LogP contribution in [0.4, 0.5) is 0 Å². The Bertz CT molecular complexity index is 2230. The number of hydrogen-bond donors (Lipinski definition) is 0. The Morgan fingerprint density at radius 2 is 1.00 bits per heavy atom. The Labute approximate surface area is 256 Å². The van der Waals surface area contributed by atoms with Gasteiger partial charge in [0.25, 0.3) is 0 Å². The van der Waals surface area contributed by atoms with E-state index in [1.54, 1.807) is 0 Å². The normalized spacial score (nSPS) is 15.8. The van der Waals surface area contributed by atoms with E-state index < -0.39 is 0 Å². The van der Waals surface area contributed by atoms with Gasteiger partial charge in [-0.15, -0.1) is 0 Å². The minimum atomic E-state index is 0.438. The first-order valence-electron chi connectivity index (χ1n) is 15.1. The van der Waals surface area contributed by atoms with Crippen molar-refractivity contribution in [2.45, 2.75) is 17.2 Å². The molecule has 1 aliphatic carbocycles. The standard InChI is InChI=1S/C42H28S/c1-2-13-27(14-3-1)28-25-26-36(30-16-5-4-15-29(28)30)40-32-18-6-8-20-34(32)41(35-21-9-7-19-33(35)40)38-23-12-22-37-31-17-10-11-24-39(31)43-42(37)38/h1-21,23-26,37H,22H2. The Kier molecular flexibility index (Phi) is 5.67. The van der Waals surface area contributed by atoms with Gasteiger partial charge in [0.1, 0.15) is 0 Å². The van der Waals surface area contributed by atoms with E-state index in [1.807, 2.05) is 11.8 Å². The molecule has 0 saturated heterocycles. The van der Waals surface area contributed by atoms with E-state index in [-0.39, 0.29) is 0 Å². The SMILES string of the molecule is C1=CC(c2c3ccccc3c(-c3ccc(-c4ccccc4)c4ccccc34)c3ccccc23)=C2Sc3ccccc3C2C1. The number of hydrogen-bond acceptors (Lipinski definition) is 1. The monoisotopic (exact) mass is 564 g/mol. The zero-order valence-electron chi connectivity index (χ0n) is 23.6. The van der Waals surface area contributed by atoms with Gasteiger partial charge < -0.3 is 0 Å². The molecule has 1 heteroatoms. The molecular formula is C42H28S. The van der Waals surface area contributed by atoms with Crippen molar-refractivity contribution in [3.63, 3.8) is 0 Å². The Morgan fingerprint density at radius 3 is 1.70 bits per heavy atom. The van der Waals surface area contributed by atoms with Crippen molar-refractivity contribution in [3.8, 4) is 22.3 Å². The van der Waals surface area contributed by atoms with Crippen LogP contribution in [-0.2, 0) is 0 Å². The third-order valence-electron chi connectivity index (χ3n) is 9.23. The van der Waals surface area contributed by atoms with Crippen molar-refractivity contribution in [3.05, 3.63) is 168 Å². The highest BCUT2D eigenvalue weighted by Crippen LogP contribution is 2.56. The number of benzene rings is 7. The van der Waals surface area contributed by atoms with Crippen molar-refractivity contribution >= 4 is 49.7 Å². The summed E-state index contributed by atoms with van der Waals surface area (Å²) in [7, 11) is 0. The van der Waals surface area contributed by atoms with Gasteiger partial charge in [-0.3, -0.25) is 0 Å². The second-order valence-corrected chi connectivity index (χ2v) is 12.6. The molecule has 0 saturated carbocycles. The molecule has 0 aromatic heterocycles. The third-order valence-corrected chi connectivity index (χ3v) is 10.5. The van der Waals surface area contributed by atoms with Crippen molar-refractivity contribution in [2.75, 3.05) is 0 Å². The number of thioether (sulfide) groups is 1. The summed E-state index contributed by atoms with van der Waals surface area (Å²) in [6, 6.07) is 51.4. The molecular weight excluding hydrogens is 537 g/mol. The summed E-state index contributed by atoms with van der Waals surface area (Å²) in [4.78, 5) is 2.89. The lowest BCUT2D eigenvalue weighted by Gasteiger charge is -2.24. The van der Waals surface area contributed by atoms with E-state index in [4.69, 9.17) is 0 Å². The van der Waals surface area contributed by atoms with Crippen LogP contribution in [0.5, 0.6) is 0 Å². The lowest BCUT2D eigenvalue weighted by Crippen LogP contribution is -2.02. The summed E-state index contributed by atoms with van der Waals surface area (Å²) in [6.07, 6.45) is 5.85. The lowest BCUT2D eigenvalue weighted by molar-refractivity contribution is 0.841. The molecule has 1 atom stereocenters. The Balaban J connectivity index is 1.36. The maximum Gasteiger partial charge on any atom is 0.0205 e. The minimum Gasteiger partial charge on any atom is -0.0929 e.